The van der Waals surface area contributed by atoms with E-state index in [0.717, 1.165) is 28.8 Å². The molecular weight excluding hydrogens is 255 g/mol. The fraction of sp³-hybridized carbons (Fsp3) is 0.133. The van der Waals surface area contributed by atoms with Crippen molar-refractivity contribution in [1.82, 2.24) is 10.2 Å². The van der Waals surface area contributed by atoms with Crippen molar-refractivity contribution in [2.45, 2.75) is 6.92 Å². The molecule has 102 valence electrons. The number of nitrogens with zero attached hydrogens (tertiary/aromatic N) is 2. The molecule has 0 aliphatic carbocycles. The third-order valence-electron chi connectivity index (χ3n) is 3.33. The maximum Gasteiger partial charge on any atom is 0.123 e. The molecule has 0 unspecified atom stereocenters. The fourth-order valence-corrected chi connectivity index (χ4v) is 2.34. The maximum atomic E-state index is 13.0. The zero-order chi connectivity index (χ0) is 14.1. The van der Waals surface area contributed by atoms with E-state index < -0.39 is 0 Å². The van der Waals surface area contributed by atoms with Gasteiger partial charge in [-0.15, -0.1) is 0 Å². The van der Waals surface area contributed by atoms with Gasteiger partial charge in [0.2, 0.25) is 0 Å². The summed E-state index contributed by atoms with van der Waals surface area (Å²) < 4.78 is 13.0. The van der Waals surface area contributed by atoms with E-state index in [0.29, 0.717) is 5.69 Å². The van der Waals surface area contributed by atoms with Gasteiger partial charge in [0.25, 0.3) is 0 Å². The molecule has 1 aromatic heterocycles. The molecular formula is C15H15FN4. The van der Waals surface area contributed by atoms with Gasteiger partial charge in [0.05, 0.1) is 23.1 Å². The van der Waals surface area contributed by atoms with Gasteiger partial charge >= 0.3 is 0 Å². The lowest BCUT2D eigenvalue weighted by Crippen LogP contribution is -2.17. The molecule has 0 atom stereocenters. The Hall–Kier alpha value is -2.56. The van der Waals surface area contributed by atoms with Crippen LogP contribution < -0.4 is 10.6 Å². The van der Waals surface area contributed by atoms with Gasteiger partial charge < -0.3 is 10.6 Å². The van der Waals surface area contributed by atoms with Gasteiger partial charge in [0.15, 0.2) is 0 Å². The molecule has 20 heavy (non-hydrogen) atoms. The second-order valence-electron chi connectivity index (χ2n) is 4.59. The van der Waals surface area contributed by atoms with Crippen LogP contribution in [0.25, 0.3) is 10.9 Å². The smallest absolute Gasteiger partial charge is 0.123 e. The Labute approximate surface area is 116 Å². The molecule has 0 aliphatic rings. The minimum absolute atomic E-state index is 0.248. The summed E-state index contributed by atoms with van der Waals surface area (Å²) in [6.45, 7) is 2.76. The number of rotatable bonds is 3. The number of hydrogen-bond acceptors (Lipinski definition) is 3. The van der Waals surface area contributed by atoms with Crippen LogP contribution in [0.4, 0.5) is 21.5 Å². The van der Waals surface area contributed by atoms with Gasteiger partial charge in [-0.2, -0.15) is 5.10 Å². The van der Waals surface area contributed by atoms with E-state index in [9.17, 15) is 4.39 Å². The van der Waals surface area contributed by atoms with Gasteiger partial charge in [0, 0.05) is 17.6 Å². The van der Waals surface area contributed by atoms with E-state index in [-0.39, 0.29) is 5.82 Å². The van der Waals surface area contributed by atoms with Crippen LogP contribution in [0.1, 0.15) is 6.92 Å². The average Bonchev–Trinajstić information content (AvgIpc) is 2.89. The van der Waals surface area contributed by atoms with E-state index in [1.807, 2.05) is 24.0 Å². The summed E-state index contributed by atoms with van der Waals surface area (Å²) in [6, 6.07) is 10.2. The number of H-pyrrole nitrogens is 1. The Kier molecular flexibility index (Phi) is 3.02. The maximum absolute atomic E-state index is 13.0. The van der Waals surface area contributed by atoms with Crippen LogP contribution >= 0.6 is 0 Å². The number of benzene rings is 2. The van der Waals surface area contributed by atoms with Gasteiger partial charge in [-0.25, -0.2) is 4.39 Å². The minimum Gasteiger partial charge on any atom is -0.397 e. The summed E-state index contributed by atoms with van der Waals surface area (Å²) in [5.41, 5.74) is 9.52. The number of halogens is 1. The summed E-state index contributed by atoms with van der Waals surface area (Å²) in [4.78, 5) is 2.04. The van der Waals surface area contributed by atoms with Crippen LogP contribution in [0.5, 0.6) is 0 Å². The lowest BCUT2D eigenvalue weighted by atomic mass is 10.1. The largest absolute Gasteiger partial charge is 0.397 e. The Balaban J connectivity index is 2.10. The first kappa shape index (κ1) is 12.5. The summed E-state index contributed by atoms with van der Waals surface area (Å²) >= 11 is 0. The number of anilines is 3. The minimum atomic E-state index is -0.248. The highest BCUT2D eigenvalue weighted by Gasteiger charge is 2.12. The molecule has 5 heteroatoms. The molecule has 2 aromatic carbocycles. The average molecular weight is 270 g/mol. The summed E-state index contributed by atoms with van der Waals surface area (Å²) in [6.07, 6.45) is 1.74. The van der Waals surface area contributed by atoms with E-state index in [4.69, 9.17) is 5.73 Å². The molecule has 3 N–H and O–H groups in total. The third-order valence-corrected chi connectivity index (χ3v) is 3.33. The van der Waals surface area contributed by atoms with E-state index in [1.165, 1.54) is 12.1 Å². The molecule has 0 saturated heterocycles. The fourth-order valence-electron chi connectivity index (χ4n) is 2.34. The van der Waals surface area contributed by atoms with Crippen molar-refractivity contribution in [3.05, 3.63) is 48.4 Å². The summed E-state index contributed by atoms with van der Waals surface area (Å²) in [7, 11) is 0. The Bertz CT molecular complexity index is 733. The van der Waals surface area contributed by atoms with Crippen LogP contribution in [0.2, 0.25) is 0 Å². The van der Waals surface area contributed by atoms with Crippen LogP contribution in [-0.4, -0.2) is 16.7 Å². The lowest BCUT2D eigenvalue weighted by Gasteiger charge is -2.24. The third kappa shape index (κ3) is 2.07. The molecule has 0 bridgehead atoms. The van der Waals surface area contributed by atoms with Crippen LogP contribution in [-0.2, 0) is 0 Å². The molecule has 1 heterocycles. The first-order valence-corrected chi connectivity index (χ1v) is 6.44. The number of nitrogens with one attached hydrogen (secondary N) is 1. The van der Waals surface area contributed by atoms with Crippen molar-refractivity contribution in [1.29, 1.82) is 0 Å². The highest BCUT2D eigenvalue weighted by molar-refractivity contribution is 5.90. The number of nitrogens with two attached hydrogens (primary N) is 1. The number of nitrogen functional groups attached to an aromatic ring is 1. The predicted molar refractivity (Wildman–Crippen MR) is 79.6 cm³/mol. The van der Waals surface area contributed by atoms with Crippen LogP contribution in [0, 0.1) is 5.82 Å². The van der Waals surface area contributed by atoms with Crippen molar-refractivity contribution >= 4 is 28.0 Å². The SMILES string of the molecule is CCN(c1ccc(F)cc1)c1cc2[nH]ncc2cc1N. The second kappa shape index (κ2) is 4.85. The number of aromatic amines is 1. The van der Waals surface area contributed by atoms with E-state index in [1.54, 1.807) is 18.3 Å². The van der Waals surface area contributed by atoms with Crippen molar-refractivity contribution < 1.29 is 4.39 Å². The monoisotopic (exact) mass is 270 g/mol. The van der Waals surface area contributed by atoms with E-state index >= 15 is 0 Å². The zero-order valence-corrected chi connectivity index (χ0v) is 11.1. The van der Waals surface area contributed by atoms with Crippen molar-refractivity contribution in [3.8, 4) is 0 Å². The van der Waals surface area contributed by atoms with Gasteiger partial charge in [0.1, 0.15) is 5.82 Å². The zero-order valence-electron chi connectivity index (χ0n) is 11.1. The normalized spacial score (nSPS) is 10.9. The predicted octanol–water partition coefficient (Wildman–Crippen LogP) is 3.44. The first-order chi connectivity index (χ1) is 9.69. The van der Waals surface area contributed by atoms with Crippen molar-refractivity contribution in [2.75, 3.05) is 17.2 Å². The van der Waals surface area contributed by atoms with Crippen molar-refractivity contribution in [3.63, 3.8) is 0 Å². The molecule has 0 saturated carbocycles. The molecule has 0 aliphatic heterocycles. The van der Waals surface area contributed by atoms with Gasteiger partial charge in [-0.1, -0.05) is 0 Å². The standard InChI is InChI=1S/C15H15FN4/c1-2-20(12-5-3-11(16)4-6-12)15-8-14-10(7-13(15)17)9-18-19-14/h3-9H,2,17H2,1H3,(H,18,19). The first-order valence-electron chi connectivity index (χ1n) is 6.44. The molecule has 0 radical (unpaired) electrons. The molecule has 4 nitrogen and oxygen atoms in total. The van der Waals surface area contributed by atoms with Crippen molar-refractivity contribution in [2.24, 2.45) is 0 Å². The molecule has 0 spiro atoms. The Morgan fingerprint density at radius 2 is 2.00 bits per heavy atom. The second-order valence-corrected chi connectivity index (χ2v) is 4.59. The topological polar surface area (TPSA) is 57.9 Å². The molecule has 0 amide bonds. The quantitative estimate of drug-likeness (QED) is 0.717. The van der Waals surface area contributed by atoms with Gasteiger partial charge in [-0.3, -0.25) is 5.10 Å². The van der Waals surface area contributed by atoms with E-state index in [2.05, 4.69) is 10.2 Å². The Morgan fingerprint density at radius 3 is 2.70 bits per heavy atom. The molecule has 3 aromatic rings. The molecule has 0 fully saturated rings. The highest BCUT2D eigenvalue weighted by Crippen LogP contribution is 2.33. The number of hydrogen-bond donors (Lipinski definition) is 2. The number of fused-ring (bicyclic) bond motifs is 1. The lowest BCUT2D eigenvalue weighted by molar-refractivity contribution is 0.628. The summed E-state index contributed by atoms with van der Waals surface area (Å²) in [5.74, 6) is -0.248. The van der Waals surface area contributed by atoms with Crippen LogP contribution in [0.15, 0.2) is 42.6 Å². The van der Waals surface area contributed by atoms with Gasteiger partial charge in [-0.05, 0) is 43.3 Å². The molecule has 3 rings (SSSR count). The number of aromatic nitrogens is 2. The van der Waals surface area contributed by atoms with Crippen LogP contribution in [0.3, 0.4) is 0 Å². The summed E-state index contributed by atoms with van der Waals surface area (Å²) in [5, 5.41) is 7.91. The highest BCUT2D eigenvalue weighted by atomic mass is 19.1. The Morgan fingerprint density at radius 1 is 1.25 bits per heavy atom.